The van der Waals surface area contributed by atoms with E-state index in [1.807, 2.05) is 12.1 Å². The first kappa shape index (κ1) is 18.4. The zero-order chi connectivity index (χ0) is 17.5. The largest absolute Gasteiger partial charge is 0.491 e. The van der Waals surface area contributed by atoms with Gasteiger partial charge in [-0.2, -0.15) is 0 Å². The fourth-order valence-corrected chi connectivity index (χ4v) is 3.41. The lowest BCUT2D eigenvalue weighted by Crippen LogP contribution is -2.29. The molecular formula is C16H17NO5S2. The maximum absolute atomic E-state index is 12.4. The number of nitrogens with zero attached hydrogens (tertiary/aromatic N) is 1. The molecule has 128 valence electrons. The summed E-state index contributed by atoms with van der Waals surface area (Å²) in [6.07, 6.45) is 2.04. The third-order valence-corrected chi connectivity index (χ3v) is 4.58. The molecule has 1 amide bonds. The van der Waals surface area contributed by atoms with Crippen LogP contribution in [0.25, 0.3) is 6.08 Å². The Balaban J connectivity index is 2.12. The lowest BCUT2D eigenvalue weighted by molar-refractivity contribution is -0.137. The summed E-state index contributed by atoms with van der Waals surface area (Å²) in [4.78, 5) is 24.9. The monoisotopic (exact) mass is 367 g/mol. The molecule has 1 fully saturated rings. The predicted molar refractivity (Wildman–Crippen MR) is 95.8 cm³/mol. The second-order valence-corrected chi connectivity index (χ2v) is 6.62. The van der Waals surface area contributed by atoms with Crippen molar-refractivity contribution in [3.63, 3.8) is 0 Å². The summed E-state index contributed by atoms with van der Waals surface area (Å²) < 4.78 is 5.87. The summed E-state index contributed by atoms with van der Waals surface area (Å²) in [5.74, 6) is -0.555. The molecule has 0 atom stereocenters. The van der Waals surface area contributed by atoms with E-state index in [1.165, 1.54) is 16.7 Å². The van der Waals surface area contributed by atoms with Gasteiger partial charge in [-0.3, -0.25) is 14.5 Å². The molecule has 0 aromatic heterocycles. The van der Waals surface area contributed by atoms with Gasteiger partial charge in [0.05, 0.1) is 11.5 Å². The standard InChI is InChI=1S/C16H17NO5S2/c18-8-9-22-12-5-2-1-4-11(12)10-13-15(21)17(16(23)24-13)7-3-6-14(19)20/h1-2,4-5,10,18H,3,6-9H2,(H,19,20). The maximum atomic E-state index is 12.4. The van der Waals surface area contributed by atoms with Gasteiger partial charge in [-0.1, -0.05) is 42.2 Å². The molecule has 1 aromatic carbocycles. The van der Waals surface area contributed by atoms with Crippen LogP contribution in [0.5, 0.6) is 5.75 Å². The van der Waals surface area contributed by atoms with Crippen molar-refractivity contribution in [1.82, 2.24) is 4.90 Å². The van der Waals surface area contributed by atoms with Crippen molar-refractivity contribution in [2.75, 3.05) is 19.8 Å². The minimum atomic E-state index is -0.897. The first-order valence-electron chi connectivity index (χ1n) is 7.32. The first-order valence-corrected chi connectivity index (χ1v) is 8.55. The topological polar surface area (TPSA) is 87.1 Å². The summed E-state index contributed by atoms with van der Waals surface area (Å²) in [5, 5.41) is 17.6. The third kappa shape index (κ3) is 4.80. The van der Waals surface area contributed by atoms with Gasteiger partial charge in [0.15, 0.2) is 0 Å². The summed E-state index contributed by atoms with van der Waals surface area (Å²) in [6.45, 7) is 0.359. The average molecular weight is 367 g/mol. The lowest BCUT2D eigenvalue weighted by atomic mass is 10.2. The van der Waals surface area contributed by atoms with Gasteiger partial charge in [0, 0.05) is 18.5 Å². The third-order valence-electron chi connectivity index (χ3n) is 3.20. The Hall–Kier alpha value is -1.90. The molecule has 0 spiro atoms. The number of amides is 1. The minimum absolute atomic E-state index is 0.00601. The number of para-hydroxylation sites is 1. The van der Waals surface area contributed by atoms with Crippen molar-refractivity contribution in [3.05, 3.63) is 34.7 Å². The Bertz CT molecular complexity index is 674. The SMILES string of the molecule is O=C(O)CCCN1C(=O)C(=Cc2ccccc2OCCO)SC1=S. The van der Waals surface area contributed by atoms with Crippen molar-refractivity contribution < 1.29 is 24.5 Å². The molecule has 2 N–H and O–H groups in total. The van der Waals surface area contributed by atoms with Crippen LogP contribution in [0.4, 0.5) is 0 Å². The van der Waals surface area contributed by atoms with Gasteiger partial charge in [-0.05, 0) is 18.6 Å². The first-order chi connectivity index (χ1) is 11.5. The summed E-state index contributed by atoms with van der Waals surface area (Å²) in [6, 6.07) is 7.20. The van der Waals surface area contributed by atoms with E-state index < -0.39 is 5.97 Å². The van der Waals surface area contributed by atoms with Crippen molar-refractivity contribution in [1.29, 1.82) is 0 Å². The van der Waals surface area contributed by atoms with Crippen LogP contribution in [-0.4, -0.2) is 51.1 Å². The fourth-order valence-electron chi connectivity index (χ4n) is 2.11. The Morgan fingerprint density at radius 1 is 1.38 bits per heavy atom. The summed E-state index contributed by atoms with van der Waals surface area (Å²) in [7, 11) is 0. The molecule has 1 heterocycles. The zero-order valence-electron chi connectivity index (χ0n) is 12.8. The molecule has 1 aliphatic heterocycles. The zero-order valence-corrected chi connectivity index (χ0v) is 14.4. The van der Waals surface area contributed by atoms with E-state index in [0.717, 1.165) is 5.56 Å². The van der Waals surface area contributed by atoms with Gasteiger partial charge in [-0.15, -0.1) is 0 Å². The molecule has 0 saturated carbocycles. The van der Waals surface area contributed by atoms with Crippen LogP contribution in [0.15, 0.2) is 29.2 Å². The Labute approximate surface area is 149 Å². The summed E-state index contributed by atoms with van der Waals surface area (Å²) >= 11 is 6.39. The quantitative estimate of drug-likeness (QED) is 0.537. The van der Waals surface area contributed by atoms with Gasteiger partial charge >= 0.3 is 5.97 Å². The Morgan fingerprint density at radius 2 is 2.12 bits per heavy atom. The average Bonchev–Trinajstić information content (AvgIpc) is 2.81. The van der Waals surface area contributed by atoms with Crippen molar-refractivity contribution in [3.8, 4) is 5.75 Å². The van der Waals surface area contributed by atoms with E-state index in [1.54, 1.807) is 18.2 Å². The molecule has 0 radical (unpaired) electrons. The van der Waals surface area contributed by atoms with E-state index in [9.17, 15) is 9.59 Å². The van der Waals surface area contributed by atoms with Crippen LogP contribution in [0.3, 0.4) is 0 Å². The number of rotatable bonds is 8. The Morgan fingerprint density at radius 3 is 2.83 bits per heavy atom. The van der Waals surface area contributed by atoms with Crippen LogP contribution in [0.1, 0.15) is 18.4 Å². The lowest BCUT2D eigenvalue weighted by Gasteiger charge is -2.13. The number of carbonyl (C=O) groups is 2. The molecular weight excluding hydrogens is 350 g/mol. The van der Waals surface area contributed by atoms with E-state index in [2.05, 4.69) is 0 Å². The number of aliphatic hydroxyl groups excluding tert-OH is 1. The number of carboxylic acids is 1. The van der Waals surface area contributed by atoms with E-state index in [4.69, 9.17) is 27.2 Å². The normalized spacial score (nSPS) is 16.0. The number of aliphatic hydroxyl groups is 1. The highest BCUT2D eigenvalue weighted by molar-refractivity contribution is 8.26. The van der Waals surface area contributed by atoms with Gasteiger partial charge in [-0.25, -0.2) is 0 Å². The molecule has 8 heteroatoms. The second kappa shape index (κ2) is 8.81. The van der Waals surface area contributed by atoms with Crippen LogP contribution in [0, 0.1) is 0 Å². The van der Waals surface area contributed by atoms with Crippen molar-refractivity contribution in [2.45, 2.75) is 12.8 Å². The molecule has 0 bridgehead atoms. The van der Waals surface area contributed by atoms with E-state index in [-0.39, 0.29) is 32.1 Å². The number of benzene rings is 1. The van der Waals surface area contributed by atoms with Crippen molar-refractivity contribution in [2.24, 2.45) is 0 Å². The fraction of sp³-hybridized carbons (Fsp3) is 0.312. The second-order valence-electron chi connectivity index (χ2n) is 4.94. The van der Waals surface area contributed by atoms with Crippen LogP contribution in [0.2, 0.25) is 0 Å². The highest BCUT2D eigenvalue weighted by atomic mass is 32.2. The molecule has 24 heavy (non-hydrogen) atoms. The number of thiocarbonyl (C=S) groups is 1. The molecule has 1 aromatic rings. The molecule has 1 aliphatic rings. The Kier molecular flexibility index (Phi) is 6.77. The molecule has 0 aliphatic carbocycles. The number of hydrogen-bond donors (Lipinski definition) is 2. The molecule has 1 saturated heterocycles. The van der Waals surface area contributed by atoms with Crippen LogP contribution in [-0.2, 0) is 9.59 Å². The molecule has 2 rings (SSSR count). The van der Waals surface area contributed by atoms with E-state index >= 15 is 0 Å². The number of carboxylic acid groups (broad SMARTS) is 1. The number of carbonyl (C=O) groups excluding carboxylic acids is 1. The van der Waals surface area contributed by atoms with Gasteiger partial charge in [0.25, 0.3) is 5.91 Å². The highest BCUT2D eigenvalue weighted by Gasteiger charge is 2.31. The number of aliphatic carboxylic acids is 1. The predicted octanol–water partition coefficient (Wildman–Crippen LogP) is 2.12. The highest BCUT2D eigenvalue weighted by Crippen LogP contribution is 2.34. The van der Waals surface area contributed by atoms with Crippen LogP contribution < -0.4 is 4.74 Å². The van der Waals surface area contributed by atoms with E-state index in [0.29, 0.717) is 21.4 Å². The molecule has 0 unspecified atom stereocenters. The minimum Gasteiger partial charge on any atom is -0.491 e. The van der Waals surface area contributed by atoms with Gasteiger partial charge in [0.1, 0.15) is 16.7 Å². The number of ether oxygens (including phenoxy) is 1. The van der Waals surface area contributed by atoms with Gasteiger partial charge < -0.3 is 14.9 Å². The number of thioether (sulfide) groups is 1. The molecule has 6 nitrogen and oxygen atoms in total. The smallest absolute Gasteiger partial charge is 0.303 e. The summed E-state index contributed by atoms with van der Waals surface area (Å²) in [5.41, 5.74) is 0.719. The van der Waals surface area contributed by atoms with Crippen LogP contribution >= 0.6 is 24.0 Å². The number of hydrogen-bond acceptors (Lipinski definition) is 6. The van der Waals surface area contributed by atoms with Gasteiger partial charge in [0.2, 0.25) is 0 Å². The van der Waals surface area contributed by atoms with Crippen molar-refractivity contribution >= 4 is 46.3 Å². The maximum Gasteiger partial charge on any atom is 0.303 e.